The standard InChI is InChI=1S/C14H13NO3/c1-8(16)15-10-5-3-4-9-6-7-11(18-2)13(12(9)10)14(15)17/h3-7,14,17H,1-2H3. The molecule has 1 aliphatic rings. The van der Waals surface area contributed by atoms with Gasteiger partial charge in [0.15, 0.2) is 6.23 Å². The van der Waals surface area contributed by atoms with Gasteiger partial charge >= 0.3 is 0 Å². The normalized spacial score (nSPS) is 17.3. The topological polar surface area (TPSA) is 49.8 Å². The highest BCUT2D eigenvalue weighted by Gasteiger charge is 2.34. The van der Waals surface area contributed by atoms with Gasteiger partial charge in [0, 0.05) is 12.3 Å². The van der Waals surface area contributed by atoms with Crippen molar-refractivity contribution in [1.82, 2.24) is 0 Å². The van der Waals surface area contributed by atoms with Gasteiger partial charge in [-0.1, -0.05) is 18.2 Å². The number of amides is 1. The van der Waals surface area contributed by atoms with Crippen LogP contribution in [0.5, 0.6) is 5.75 Å². The third-order valence-corrected chi connectivity index (χ3v) is 3.35. The predicted octanol–water partition coefficient (Wildman–Crippen LogP) is 2.21. The molecule has 0 spiro atoms. The van der Waals surface area contributed by atoms with Crippen molar-refractivity contribution in [3.8, 4) is 5.75 Å². The molecule has 1 unspecified atom stereocenters. The fourth-order valence-corrected chi connectivity index (χ4v) is 2.61. The van der Waals surface area contributed by atoms with Crippen LogP contribution in [0.4, 0.5) is 5.69 Å². The summed E-state index contributed by atoms with van der Waals surface area (Å²) < 4.78 is 5.28. The van der Waals surface area contributed by atoms with E-state index in [0.717, 1.165) is 16.5 Å². The lowest BCUT2D eigenvalue weighted by Gasteiger charge is -2.20. The summed E-state index contributed by atoms with van der Waals surface area (Å²) in [5, 5.41) is 12.2. The van der Waals surface area contributed by atoms with Gasteiger partial charge in [0.1, 0.15) is 5.75 Å². The van der Waals surface area contributed by atoms with Crippen LogP contribution >= 0.6 is 0 Å². The van der Waals surface area contributed by atoms with Crippen molar-refractivity contribution in [1.29, 1.82) is 0 Å². The Hall–Kier alpha value is -2.07. The second kappa shape index (κ2) is 3.71. The van der Waals surface area contributed by atoms with E-state index in [1.54, 1.807) is 7.11 Å². The molecule has 1 N–H and O–H groups in total. The maximum absolute atomic E-state index is 11.7. The lowest BCUT2D eigenvalue weighted by atomic mass is 10.0. The molecule has 1 amide bonds. The van der Waals surface area contributed by atoms with Gasteiger partial charge in [0.2, 0.25) is 5.91 Å². The molecule has 4 heteroatoms. The lowest BCUT2D eigenvalue weighted by Crippen LogP contribution is -2.29. The van der Waals surface area contributed by atoms with Gasteiger partial charge in [0.05, 0.1) is 18.4 Å². The summed E-state index contributed by atoms with van der Waals surface area (Å²) in [5.41, 5.74) is 1.40. The zero-order valence-corrected chi connectivity index (χ0v) is 10.2. The van der Waals surface area contributed by atoms with Gasteiger partial charge in [-0.25, -0.2) is 0 Å². The number of anilines is 1. The Morgan fingerprint density at radius 1 is 1.33 bits per heavy atom. The van der Waals surface area contributed by atoms with E-state index in [-0.39, 0.29) is 5.91 Å². The number of nitrogens with zero attached hydrogens (tertiary/aromatic N) is 1. The number of aliphatic hydroxyl groups is 1. The van der Waals surface area contributed by atoms with Gasteiger partial charge in [-0.3, -0.25) is 9.69 Å². The number of benzene rings is 2. The van der Waals surface area contributed by atoms with Crippen LogP contribution in [0.15, 0.2) is 30.3 Å². The number of carbonyl (C=O) groups excluding carboxylic acids is 1. The first-order valence-corrected chi connectivity index (χ1v) is 5.72. The number of rotatable bonds is 1. The summed E-state index contributed by atoms with van der Waals surface area (Å²) in [7, 11) is 1.56. The second-order valence-electron chi connectivity index (χ2n) is 4.32. The van der Waals surface area contributed by atoms with Crippen LogP contribution in [0.25, 0.3) is 10.8 Å². The van der Waals surface area contributed by atoms with Crippen LogP contribution in [0, 0.1) is 0 Å². The van der Waals surface area contributed by atoms with Crippen LogP contribution < -0.4 is 9.64 Å². The molecule has 0 aromatic heterocycles. The van der Waals surface area contributed by atoms with Crippen LogP contribution in [0.3, 0.4) is 0 Å². The SMILES string of the molecule is COc1ccc2cccc3c2c1C(O)N3C(C)=O. The van der Waals surface area contributed by atoms with Crippen LogP contribution in [0.1, 0.15) is 18.7 Å². The molecule has 0 radical (unpaired) electrons. The minimum Gasteiger partial charge on any atom is -0.496 e. The van der Waals surface area contributed by atoms with Gasteiger partial charge in [0.25, 0.3) is 0 Å². The van der Waals surface area contributed by atoms with Crippen LogP contribution in [-0.4, -0.2) is 18.1 Å². The Bertz CT molecular complexity index is 651. The molecule has 2 aromatic rings. The zero-order chi connectivity index (χ0) is 12.9. The van der Waals surface area contributed by atoms with E-state index >= 15 is 0 Å². The minimum absolute atomic E-state index is 0.187. The first-order valence-electron chi connectivity index (χ1n) is 5.72. The maximum Gasteiger partial charge on any atom is 0.226 e. The van der Waals surface area contributed by atoms with Crippen molar-refractivity contribution in [3.05, 3.63) is 35.9 Å². The van der Waals surface area contributed by atoms with E-state index in [4.69, 9.17) is 4.74 Å². The van der Waals surface area contributed by atoms with Gasteiger partial charge < -0.3 is 9.84 Å². The molecule has 0 saturated heterocycles. The highest BCUT2D eigenvalue weighted by Crippen LogP contribution is 2.46. The minimum atomic E-state index is -0.974. The monoisotopic (exact) mass is 243 g/mol. The highest BCUT2D eigenvalue weighted by molar-refractivity contribution is 6.09. The average molecular weight is 243 g/mol. The molecule has 1 aliphatic heterocycles. The van der Waals surface area contributed by atoms with Crippen LogP contribution in [0.2, 0.25) is 0 Å². The Morgan fingerprint density at radius 3 is 2.78 bits per heavy atom. The van der Waals surface area contributed by atoms with Crippen molar-refractivity contribution < 1.29 is 14.6 Å². The molecule has 4 nitrogen and oxygen atoms in total. The van der Waals surface area contributed by atoms with Crippen LogP contribution in [-0.2, 0) is 4.79 Å². The molecule has 3 rings (SSSR count). The maximum atomic E-state index is 11.7. The quantitative estimate of drug-likeness (QED) is 0.835. The van der Waals surface area contributed by atoms with Crippen molar-refractivity contribution >= 4 is 22.4 Å². The van der Waals surface area contributed by atoms with E-state index in [1.165, 1.54) is 11.8 Å². The Morgan fingerprint density at radius 2 is 2.11 bits per heavy atom. The first-order chi connectivity index (χ1) is 8.65. The summed E-state index contributed by atoms with van der Waals surface area (Å²) in [5.74, 6) is 0.416. The predicted molar refractivity (Wildman–Crippen MR) is 68.6 cm³/mol. The molecule has 0 bridgehead atoms. The molecule has 0 fully saturated rings. The summed E-state index contributed by atoms with van der Waals surface area (Å²) in [4.78, 5) is 13.1. The Labute approximate surface area is 104 Å². The van der Waals surface area contributed by atoms with Crippen molar-refractivity contribution in [2.24, 2.45) is 0 Å². The number of hydrogen-bond donors (Lipinski definition) is 1. The number of hydrogen-bond acceptors (Lipinski definition) is 3. The molecule has 18 heavy (non-hydrogen) atoms. The number of methoxy groups -OCH3 is 1. The van der Waals surface area contributed by atoms with E-state index in [1.807, 2.05) is 30.3 Å². The lowest BCUT2D eigenvalue weighted by molar-refractivity contribution is -0.118. The average Bonchev–Trinajstić information content (AvgIpc) is 2.66. The molecule has 1 atom stereocenters. The number of ether oxygens (including phenoxy) is 1. The molecule has 2 aromatic carbocycles. The van der Waals surface area contributed by atoms with E-state index < -0.39 is 6.23 Å². The van der Waals surface area contributed by atoms with Gasteiger partial charge in [-0.15, -0.1) is 0 Å². The summed E-state index contributed by atoms with van der Waals surface area (Å²) in [6, 6.07) is 9.41. The Kier molecular flexibility index (Phi) is 2.28. The Balaban J connectivity index is 2.40. The molecular formula is C14H13NO3. The van der Waals surface area contributed by atoms with Gasteiger partial charge in [-0.05, 0) is 17.5 Å². The summed E-state index contributed by atoms with van der Waals surface area (Å²) in [6.07, 6.45) is -0.974. The number of carbonyl (C=O) groups is 1. The second-order valence-corrected chi connectivity index (χ2v) is 4.32. The molecule has 0 saturated carbocycles. The smallest absolute Gasteiger partial charge is 0.226 e. The summed E-state index contributed by atoms with van der Waals surface area (Å²) in [6.45, 7) is 1.44. The van der Waals surface area contributed by atoms with Crippen molar-refractivity contribution in [3.63, 3.8) is 0 Å². The molecular weight excluding hydrogens is 230 g/mol. The van der Waals surface area contributed by atoms with E-state index in [0.29, 0.717) is 11.3 Å². The molecule has 92 valence electrons. The fourth-order valence-electron chi connectivity index (χ4n) is 2.61. The third kappa shape index (κ3) is 1.26. The summed E-state index contributed by atoms with van der Waals surface area (Å²) >= 11 is 0. The number of aliphatic hydroxyl groups excluding tert-OH is 1. The van der Waals surface area contributed by atoms with E-state index in [9.17, 15) is 9.90 Å². The molecule has 0 aliphatic carbocycles. The van der Waals surface area contributed by atoms with Crippen molar-refractivity contribution in [2.75, 3.05) is 12.0 Å². The molecule has 1 heterocycles. The highest BCUT2D eigenvalue weighted by atomic mass is 16.5. The van der Waals surface area contributed by atoms with Gasteiger partial charge in [-0.2, -0.15) is 0 Å². The van der Waals surface area contributed by atoms with E-state index in [2.05, 4.69) is 0 Å². The first kappa shape index (κ1) is 11.0. The third-order valence-electron chi connectivity index (χ3n) is 3.35. The van der Waals surface area contributed by atoms with Crippen molar-refractivity contribution in [2.45, 2.75) is 13.2 Å². The zero-order valence-electron chi connectivity index (χ0n) is 10.2. The fraction of sp³-hybridized carbons (Fsp3) is 0.214. The largest absolute Gasteiger partial charge is 0.496 e.